The largest absolute Gasteiger partial charge is 0.391 e. The fraction of sp³-hybridized carbons (Fsp3) is 0.500. The Kier molecular flexibility index (Phi) is 3.92. The van der Waals surface area contributed by atoms with Crippen molar-refractivity contribution in [2.24, 2.45) is 0 Å². The highest BCUT2D eigenvalue weighted by Crippen LogP contribution is 2.13. The van der Waals surface area contributed by atoms with Gasteiger partial charge in [-0.3, -0.25) is 0 Å². The Morgan fingerprint density at radius 3 is 3.00 bits per heavy atom. The van der Waals surface area contributed by atoms with Crippen LogP contribution >= 0.6 is 11.6 Å². The summed E-state index contributed by atoms with van der Waals surface area (Å²) in [6.45, 7) is 2.78. The minimum Gasteiger partial charge on any atom is -0.391 e. The molecule has 1 aromatic heterocycles. The number of nitrogens with zero attached hydrogens (tertiary/aromatic N) is 2. The summed E-state index contributed by atoms with van der Waals surface area (Å²) >= 11 is 5.61. The van der Waals surface area contributed by atoms with Crippen molar-refractivity contribution in [2.75, 3.05) is 11.9 Å². The quantitative estimate of drug-likeness (QED) is 0.724. The summed E-state index contributed by atoms with van der Waals surface area (Å²) in [4.78, 5) is 7.74. The summed E-state index contributed by atoms with van der Waals surface area (Å²) < 4.78 is 0. The molecule has 0 atom stereocenters. The first-order chi connectivity index (χ1) is 6.27. The van der Waals surface area contributed by atoms with Crippen molar-refractivity contribution in [1.82, 2.24) is 9.97 Å². The van der Waals surface area contributed by atoms with E-state index in [0.717, 1.165) is 13.0 Å². The van der Waals surface area contributed by atoms with Crippen molar-refractivity contribution in [3.63, 3.8) is 0 Å². The van der Waals surface area contributed by atoms with Gasteiger partial charge in [0.25, 0.3) is 0 Å². The first-order valence-corrected chi connectivity index (χ1v) is 4.52. The zero-order valence-electron chi connectivity index (χ0n) is 7.42. The van der Waals surface area contributed by atoms with Crippen LogP contribution in [0.15, 0.2) is 6.20 Å². The lowest BCUT2D eigenvalue weighted by atomic mass is 10.3. The second kappa shape index (κ2) is 4.99. The lowest BCUT2D eigenvalue weighted by Crippen LogP contribution is -2.06. The summed E-state index contributed by atoms with van der Waals surface area (Å²) in [6, 6.07) is 0. The van der Waals surface area contributed by atoms with E-state index in [4.69, 9.17) is 16.7 Å². The van der Waals surface area contributed by atoms with Crippen molar-refractivity contribution >= 4 is 17.4 Å². The molecule has 2 N–H and O–H groups in total. The minimum absolute atomic E-state index is 0.0801. The molecule has 0 aliphatic rings. The van der Waals surface area contributed by atoms with Gasteiger partial charge in [-0.2, -0.15) is 0 Å². The molecule has 0 aliphatic heterocycles. The van der Waals surface area contributed by atoms with Crippen LogP contribution in [0.25, 0.3) is 0 Å². The molecule has 1 aromatic rings. The maximum absolute atomic E-state index is 8.95. The number of hydrogen-bond acceptors (Lipinski definition) is 4. The lowest BCUT2D eigenvalue weighted by molar-refractivity contribution is 0.281. The van der Waals surface area contributed by atoms with Gasteiger partial charge in [0.05, 0.1) is 6.61 Å². The van der Waals surface area contributed by atoms with E-state index < -0.39 is 0 Å². The van der Waals surface area contributed by atoms with Gasteiger partial charge in [0.1, 0.15) is 5.82 Å². The Morgan fingerprint density at radius 1 is 1.62 bits per heavy atom. The van der Waals surface area contributed by atoms with E-state index in [1.165, 1.54) is 6.20 Å². The summed E-state index contributed by atoms with van der Waals surface area (Å²) in [5, 5.41) is 12.2. The summed E-state index contributed by atoms with van der Waals surface area (Å²) in [6.07, 6.45) is 2.51. The monoisotopic (exact) mass is 201 g/mol. The molecule has 0 bridgehead atoms. The normalized spacial score (nSPS) is 10.1. The standard InChI is InChI=1S/C8H12ClN3O/c1-2-3-10-7-6(5-13)4-11-8(9)12-7/h4,13H,2-3,5H2,1H3,(H,10,11,12). The Bertz CT molecular complexity index is 280. The molecule has 5 heteroatoms. The molecule has 0 aromatic carbocycles. The van der Waals surface area contributed by atoms with Crippen molar-refractivity contribution in [1.29, 1.82) is 0 Å². The third-order valence-electron chi connectivity index (χ3n) is 1.55. The van der Waals surface area contributed by atoms with Crippen molar-refractivity contribution < 1.29 is 5.11 Å². The lowest BCUT2D eigenvalue weighted by Gasteiger charge is -2.07. The fourth-order valence-corrected chi connectivity index (χ4v) is 1.03. The van der Waals surface area contributed by atoms with Gasteiger partial charge in [0.15, 0.2) is 0 Å². The van der Waals surface area contributed by atoms with E-state index in [-0.39, 0.29) is 11.9 Å². The summed E-state index contributed by atoms with van der Waals surface area (Å²) in [5.74, 6) is 0.615. The molecule has 0 unspecified atom stereocenters. The van der Waals surface area contributed by atoms with Crippen molar-refractivity contribution in [3.8, 4) is 0 Å². The van der Waals surface area contributed by atoms with Crippen LogP contribution in [0.2, 0.25) is 5.28 Å². The van der Waals surface area contributed by atoms with Crippen LogP contribution in [-0.4, -0.2) is 21.6 Å². The molecule has 0 spiro atoms. The second-order valence-electron chi connectivity index (χ2n) is 2.60. The van der Waals surface area contributed by atoms with Crippen LogP contribution < -0.4 is 5.32 Å². The maximum atomic E-state index is 8.95. The van der Waals surface area contributed by atoms with Gasteiger partial charge in [-0.1, -0.05) is 6.92 Å². The smallest absolute Gasteiger partial charge is 0.224 e. The Morgan fingerprint density at radius 2 is 2.38 bits per heavy atom. The summed E-state index contributed by atoms with van der Waals surface area (Å²) in [7, 11) is 0. The first kappa shape index (κ1) is 10.2. The van der Waals surface area contributed by atoms with Crippen LogP contribution in [0.5, 0.6) is 0 Å². The first-order valence-electron chi connectivity index (χ1n) is 4.14. The van der Waals surface area contributed by atoms with Crippen molar-refractivity contribution in [3.05, 3.63) is 17.0 Å². The zero-order chi connectivity index (χ0) is 9.68. The highest BCUT2D eigenvalue weighted by Gasteiger charge is 2.03. The molecular weight excluding hydrogens is 190 g/mol. The summed E-state index contributed by atoms with van der Waals surface area (Å²) in [5.41, 5.74) is 0.665. The SMILES string of the molecule is CCCNc1nc(Cl)ncc1CO. The molecule has 0 saturated heterocycles. The van der Waals surface area contributed by atoms with E-state index in [9.17, 15) is 0 Å². The van der Waals surface area contributed by atoms with Crippen LogP contribution in [-0.2, 0) is 6.61 Å². The molecule has 0 amide bonds. The van der Waals surface area contributed by atoms with E-state index in [2.05, 4.69) is 22.2 Å². The molecule has 72 valence electrons. The van der Waals surface area contributed by atoms with Gasteiger partial charge < -0.3 is 10.4 Å². The topological polar surface area (TPSA) is 58.0 Å². The Balaban J connectivity index is 2.81. The predicted octanol–water partition coefficient (Wildman–Crippen LogP) is 1.44. The molecule has 0 aliphatic carbocycles. The van der Waals surface area contributed by atoms with E-state index >= 15 is 0 Å². The van der Waals surface area contributed by atoms with Gasteiger partial charge in [-0.15, -0.1) is 0 Å². The van der Waals surface area contributed by atoms with Crippen LogP contribution in [0.1, 0.15) is 18.9 Å². The molecule has 13 heavy (non-hydrogen) atoms. The predicted molar refractivity (Wildman–Crippen MR) is 51.7 cm³/mol. The fourth-order valence-electron chi connectivity index (χ4n) is 0.897. The molecule has 0 radical (unpaired) electrons. The third-order valence-corrected chi connectivity index (χ3v) is 1.73. The highest BCUT2D eigenvalue weighted by molar-refractivity contribution is 6.28. The van der Waals surface area contributed by atoms with E-state index in [1.54, 1.807) is 0 Å². The average molecular weight is 202 g/mol. The molecule has 1 rings (SSSR count). The molecule has 1 heterocycles. The number of nitrogens with one attached hydrogen (secondary N) is 1. The average Bonchev–Trinajstić information content (AvgIpc) is 2.15. The van der Waals surface area contributed by atoms with Crippen LogP contribution in [0, 0.1) is 0 Å². The minimum atomic E-state index is -0.0801. The van der Waals surface area contributed by atoms with Crippen molar-refractivity contribution in [2.45, 2.75) is 20.0 Å². The number of anilines is 1. The number of hydrogen-bond donors (Lipinski definition) is 2. The number of aromatic nitrogens is 2. The van der Waals surface area contributed by atoms with E-state index in [0.29, 0.717) is 11.4 Å². The van der Waals surface area contributed by atoms with E-state index in [1.807, 2.05) is 0 Å². The van der Waals surface area contributed by atoms with Gasteiger partial charge in [-0.05, 0) is 18.0 Å². The highest BCUT2D eigenvalue weighted by atomic mass is 35.5. The number of rotatable bonds is 4. The molecule has 0 saturated carbocycles. The van der Waals surface area contributed by atoms with Gasteiger partial charge in [-0.25, -0.2) is 9.97 Å². The van der Waals surface area contributed by atoms with Crippen LogP contribution in [0.3, 0.4) is 0 Å². The molecule has 0 fully saturated rings. The third kappa shape index (κ3) is 2.82. The van der Waals surface area contributed by atoms with Gasteiger partial charge >= 0.3 is 0 Å². The Hall–Kier alpha value is -0.870. The molecule has 4 nitrogen and oxygen atoms in total. The second-order valence-corrected chi connectivity index (χ2v) is 2.94. The molecular formula is C8H12ClN3O. The van der Waals surface area contributed by atoms with Gasteiger partial charge in [0.2, 0.25) is 5.28 Å². The Labute approximate surface area is 82.0 Å². The number of halogens is 1. The maximum Gasteiger partial charge on any atom is 0.224 e. The van der Waals surface area contributed by atoms with Crippen LogP contribution in [0.4, 0.5) is 5.82 Å². The zero-order valence-corrected chi connectivity index (χ0v) is 8.17. The number of aliphatic hydroxyl groups is 1. The number of aliphatic hydroxyl groups excluding tert-OH is 1. The van der Waals surface area contributed by atoms with Gasteiger partial charge in [0, 0.05) is 18.3 Å².